The van der Waals surface area contributed by atoms with Crippen molar-refractivity contribution >= 4 is 12.0 Å². The van der Waals surface area contributed by atoms with E-state index in [-0.39, 0.29) is 24.7 Å². The van der Waals surface area contributed by atoms with E-state index in [1.807, 2.05) is 38.1 Å². The number of amides is 2. The van der Waals surface area contributed by atoms with Crippen LogP contribution in [0, 0.1) is 12.3 Å². The van der Waals surface area contributed by atoms with Gasteiger partial charge in [-0.15, -0.1) is 0 Å². The van der Waals surface area contributed by atoms with Crippen LogP contribution in [0.5, 0.6) is 0 Å². The summed E-state index contributed by atoms with van der Waals surface area (Å²) in [7, 11) is 0. The molecule has 2 heterocycles. The molecule has 8 nitrogen and oxygen atoms in total. The highest BCUT2D eigenvalue weighted by Gasteiger charge is 2.42. The van der Waals surface area contributed by atoms with Crippen LogP contribution in [0.1, 0.15) is 43.9 Å². The van der Waals surface area contributed by atoms with Gasteiger partial charge in [-0.25, -0.2) is 14.5 Å². The van der Waals surface area contributed by atoms with Gasteiger partial charge < -0.3 is 15.3 Å². The molecule has 0 radical (unpaired) electrons. The number of aliphatic carboxylic acids is 1. The van der Waals surface area contributed by atoms with E-state index in [9.17, 15) is 14.7 Å². The normalized spacial score (nSPS) is 21.3. The maximum atomic E-state index is 12.9. The lowest BCUT2D eigenvalue weighted by Crippen LogP contribution is -2.48. The smallest absolute Gasteiger partial charge is 0.317 e. The molecule has 1 aliphatic rings. The molecule has 3 rings (SSSR count). The lowest BCUT2D eigenvalue weighted by molar-refractivity contribution is -0.147. The van der Waals surface area contributed by atoms with Gasteiger partial charge in [-0.1, -0.05) is 36.8 Å². The number of carboxylic acid groups (broad SMARTS) is 1. The second-order valence-electron chi connectivity index (χ2n) is 7.73. The van der Waals surface area contributed by atoms with Crippen molar-refractivity contribution in [3.63, 3.8) is 0 Å². The molecule has 2 amide bonds. The fourth-order valence-electron chi connectivity index (χ4n) is 3.66. The van der Waals surface area contributed by atoms with Crippen LogP contribution < -0.4 is 5.32 Å². The Hall–Kier alpha value is -2.90. The zero-order valence-corrected chi connectivity index (χ0v) is 16.5. The van der Waals surface area contributed by atoms with E-state index >= 15 is 0 Å². The van der Waals surface area contributed by atoms with Gasteiger partial charge >= 0.3 is 12.0 Å². The van der Waals surface area contributed by atoms with Crippen LogP contribution in [0.4, 0.5) is 4.79 Å². The highest BCUT2D eigenvalue weighted by Crippen LogP contribution is 2.30. The van der Waals surface area contributed by atoms with Crippen LogP contribution in [-0.4, -0.2) is 55.9 Å². The number of carbonyl (C=O) groups excluding carboxylic acids is 1. The highest BCUT2D eigenvalue weighted by atomic mass is 16.4. The van der Waals surface area contributed by atoms with Crippen LogP contribution >= 0.6 is 0 Å². The molecule has 1 aliphatic heterocycles. The zero-order valence-electron chi connectivity index (χ0n) is 16.5. The molecule has 3 unspecified atom stereocenters. The first-order valence-electron chi connectivity index (χ1n) is 9.53. The third-order valence-corrected chi connectivity index (χ3v) is 5.55. The average molecular weight is 385 g/mol. The van der Waals surface area contributed by atoms with Crippen LogP contribution in [0.2, 0.25) is 0 Å². The molecule has 0 saturated carbocycles. The molecule has 0 spiro atoms. The predicted octanol–water partition coefficient (Wildman–Crippen LogP) is 2.46. The fourth-order valence-corrected chi connectivity index (χ4v) is 3.66. The van der Waals surface area contributed by atoms with Gasteiger partial charge in [0.2, 0.25) is 0 Å². The van der Waals surface area contributed by atoms with Crippen LogP contribution in [0.25, 0.3) is 0 Å². The van der Waals surface area contributed by atoms with Gasteiger partial charge in [-0.05, 0) is 32.3 Å². The Morgan fingerprint density at radius 2 is 2.04 bits per heavy atom. The third-order valence-electron chi connectivity index (χ3n) is 5.55. The summed E-state index contributed by atoms with van der Waals surface area (Å²) < 4.78 is 1.75. The number of hydrogen-bond acceptors (Lipinski definition) is 4. The van der Waals surface area contributed by atoms with Crippen molar-refractivity contribution in [1.29, 1.82) is 0 Å². The molecule has 0 bridgehead atoms. The molecule has 2 aromatic rings. The Morgan fingerprint density at radius 3 is 2.57 bits per heavy atom. The Kier molecular flexibility index (Phi) is 5.67. The fraction of sp³-hybridized carbons (Fsp3) is 0.500. The van der Waals surface area contributed by atoms with Crippen molar-refractivity contribution in [3.8, 4) is 0 Å². The molecule has 28 heavy (non-hydrogen) atoms. The Morgan fingerprint density at radius 1 is 1.32 bits per heavy atom. The van der Waals surface area contributed by atoms with Crippen molar-refractivity contribution in [2.45, 2.75) is 45.7 Å². The Balaban J connectivity index is 1.80. The van der Waals surface area contributed by atoms with Crippen molar-refractivity contribution in [2.24, 2.45) is 5.41 Å². The van der Waals surface area contributed by atoms with Crippen LogP contribution in [0.15, 0.2) is 36.9 Å². The first kappa shape index (κ1) is 19.9. The van der Waals surface area contributed by atoms with Crippen molar-refractivity contribution in [2.75, 3.05) is 13.1 Å². The lowest BCUT2D eigenvalue weighted by atomic mass is 9.90. The number of urea groups is 1. The molecule has 2 N–H and O–H groups in total. The molecule has 1 saturated heterocycles. The molecular formula is C20H27N5O3. The quantitative estimate of drug-likeness (QED) is 0.796. The minimum absolute atomic E-state index is 0.203. The summed E-state index contributed by atoms with van der Waals surface area (Å²) in [5, 5.41) is 16.8. The molecular weight excluding hydrogens is 358 g/mol. The van der Waals surface area contributed by atoms with Gasteiger partial charge in [0.05, 0.1) is 17.5 Å². The molecule has 3 atom stereocenters. The summed E-state index contributed by atoms with van der Waals surface area (Å²) in [5.41, 5.74) is 1.30. The highest BCUT2D eigenvalue weighted by molar-refractivity contribution is 5.79. The van der Waals surface area contributed by atoms with Gasteiger partial charge in [0, 0.05) is 13.1 Å². The van der Waals surface area contributed by atoms with E-state index in [2.05, 4.69) is 15.4 Å². The first-order chi connectivity index (χ1) is 13.3. The van der Waals surface area contributed by atoms with Crippen molar-refractivity contribution in [3.05, 3.63) is 48.0 Å². The molecule has 150 valence electrons. The second-order valence-corrected chi connectivity index (χ2v) is 7.73. The SMILES string of the molecule is CCC(NC(=O)N1CCC(C)(C(=O)O)C1)C(c1ccc(C)cc1)n1cncn1. The molecule has 1 aromatic heterocycles. The molecule has 1 aromatic carbocycles. The molecule has 8 heteroatoms. The molecule has 0 aliphatic carbocycles. The van der Waals surface area contributed by atoms with Gasteiger partial charge in [-0.3, -0.25) is 4.79 Å². The summed E-state index contributed by atoms with van der Waals surface area (Å²) in [6.07, 6.45) is 4.27. The minimum Gasteiger partial charge on any atom is -0.481 e. The summed E-state index contributed by atoms with van der Waals surface area (Å²) >= 11 is 0. The monoisotopic (exact) mass is 385 g/mol. The van der Waals surface area contributed by atoms with Gasteiger partial charge in [-0.2, -0.15) is 5.10 Å². The van der Waals surface area contributed by atoms with E-state index in [0.717, 1.165) is 11.1 Å². The largest absolute Gasteiger partial charge is 0.481 e. The number of likely N-dealkylation sites (tertiary alicyclic amines) is 1. The van der Waals surface area contributed by atoms with E-state index in [0.29, 0.717) is 19.4 Å². The first-order valence-corrected chi connectivity index (χ1v) is 9.53. The van der Waals surface area contributed by atoms with E-state index in [4.69, 9.17) is 0 Å². The van der Waals surface area contributed by atoms with Crippen molar-refractivity contribution < 1.29 is 14.7 Å². The Labute approximate surface area is 164 Å². The van der Waals surface area contributed by atoms with Crippen LogP contribution in [-0.2, 0) is 4.79 Å². The zero-order chi connectivity index (χ0) is 20.3. The predicted molar refractivity (Wildman–Crippen MR) is 104 cm³/mol. The number of rotatable bonds is 6. The van der Waals surface area contributed by atoms with E-state index < -0.39 is 11.4 Å². The third kappa shape index (κ3) is 4.00. The number of benzene rings is 1. The summed E-state index contributed by atoms with van der Waals surface area (Å²) in [6, 6.07) is 7.48. The number of nitrogens with one attached hydrogen (secondary N) is 1. The number of carbonyl (C=O) groups is 2. The van der Waals surface area contributed by atoms with Crippen LogP contribution in [0.3, 0.4) is 0 Å². The van der Waals surface area contributed by atoms with Crippen molar-refractivity contribution in [1.82, 2.24) is 25.0 Å². The summed E-state index contributed by atoms with van der Waals surface area (Å²) in [6.45, 7) is 6.37. The van der Waals surface area contributed by atoms with Gasteiger partial charge in [0.1, 0.15) is 12.7 Å². The van der Waals surface area contributed by atoms with Gasteiger partial charge in [0.15, 0.2) is 0 Å². The van der Waals surface area contributed by atoms with Gasteiger partial charge in [0.25, 0.3) is 0 Å². The van der Waals surface area contributed by atoms with E-state index in [1.54, 1.807) is 22.8 Å². The second kappa shape index (κ2) is 8.00. The number of aromatic nitrogens is 3. The standard InChI is InChI=1S/C20H27N5O3/c1-4-16(23-19(28)24-10-9-20(3,11-24)18(26)27)17(25-13-21-12-22-25)15-7-5-14(2)6-8-15/h5-8,12-13,16-17H,4,9-11H2,1-3H3,(H,23,28)(H,26,27). The Bertz CT molecular complexity index is 821. The maximum absolute atomic E-state index is 12.9. The minimum atomic E-state index is -0.888. The summed E-state index contributed by atoms with van der Waals surface area (Å²) in [4.78, 5) is 30.0. The number of nitrogens with zero attached hydrogens (tertiary/aromatic N) is 4. The summed E-state index contributed by atoms with van der Waals surface area (Å²) in [5.74, 6) is -0.866. The number of hydrogen-bond donors (Lipinski definition) is 2. The maximum Gasteiger partial charge on any atom is 0.317 e. The number of carboxylic acids is 1. The average Bonchev–Trinajstić information content (AvgIpc) is 3.33. The van der Waals surface area contributed by atoms with E-state index in [1.165, 1.54) is 6.33 Å². The topological polar surface area (TPSA) is 100 Å². The number of aryl methyl sites for hydroxylation is 1. The lowest BCUT2D eigenvalue weighted by Gasteiger charge is -2.30. The molecule has 1 fully saturated rings.